The zero-order valence-corrected chi connectivity index (χ0v) is 18.2. The van der Waals surface area contributed by atoms with E-state index in [2.05, 4.69) is 5.32 Å². The van der Waals surface area contributed by atoms with E-state index in [1.807, 2.05) is 31.2 Å². The smallest absolute Gasteiger partial charge is 0.244 e. The van der Waals surface area contributed by atoms with Crippen molar-refractivity contribution in [3.8, 4) is 0 Å². The molecule has 0 aliphatic heterocycles. The lowest BCUT2D eigenvalue weighted by Gasteiger charge is -2.31. The van der Waals surface area contributed by atoms with Gasteiger partial charge in [-0.25, -0.2) is 12.8 Å². The van der Waals surface area contributed by atoms with Crippen LogP contribution in [0.15, 0.2) is 48.5 Å². The van der Waals surface area contributed by atoms with Crippen LogP contribution in [0, 0.1) is 12.7 Å². The third-order valence-electron chi connectivity index (χ3n) is 4.65. The van der Waals surface area contributed by atoms with E-state index in [0.29, 0.717) is 4.31 Å². The topological polar surface area (TPSA) is 86.8 Å². The fraction of sp³-hybridized carbons (Fsp3) is 0.333. The number of para-hydroxylation sites is 1. The molecule has 30 heavy (non-hydrogen) atoms. The van der Waals surface area contributed by atoms with E-state index in [4.69, 9.17) is 0 Å². The van der Waals surface area contributed by atoms with Crippen molar-refractivity contribution in [2.75, 3.05) is 24.2 Å². The maximum atomic E-state index is 14.3. The number of carbonyl (C=O) groups is 2. The highest BCUT2D eigenvalue weighted by atomic mass is 32.2. The second-order valence-electron chi connectivity index (χ2n) is 7.02. The summed E-state index contributed by atoms with van der Waals surface area (Å²) in [5, 5.41) is 2.50. The maximum Gasteiger partial charge on any atom is 0.244 e. The standard InChI is InChI=1S/C21H26FN3O4S/c1-15-8-7-9-17(12-15)13-24(16(2)21(27)23-3)20(26)14-25(30(4,28)29)19-11-6-5-10-18(19)22/h5-12,16H,13-14H2,1-4H3,(H,23,27). The Balaban J connectivity index is 2.40. The zero-order chi connectivity index (χ0) is 22.5. The average molecular weight is 436 g/mol. The van der Waals surface area contributed by atoms with Gasteiger partial charge >= 0.3 is 0 Å². The summed E-state index contributed by atoms with van der Waals surface area (Å²) in [6.45, 7) is 2.93. The lowest BCUT2D eigenvalue weighted by molar-refractivity contribution is -0.139. The van der Waals surface area contributed by atoms with E-state index in [-0.39, 0.29) is 12.2 Å². The monoisotopic (exact) mass is 435 g/mol. The van der Waals surface area contributed by atoms with Gasteiger partial charge in [0.25, 0.3) is 0 Å². The lowest BCUT2D eigenvalue weighted by Crippen LogP contribution is -2.50. The first kappa shape index (κ1) is 23.3. The molecule has 0 radical (unpaired) electrons. The molecular formula is C21H26FN3O4S. The summed E-state index contributed by atoms with van der Waals surface area (Å²) in [5.41, 5.74) is 1.55. The Hall–Kier alpha value is -2.94. The molecule has 2 amide bonds. The van der Waals surface area contributed by atoms with Gasteiger partial charge in [-0.1, -0.05) is 42.0 Å². The highest BCUT2D eigenvalue weighted by molar-refractivity contribution is 7.92. The molecule has 162 valence electrons. The molecule has 0 fully saturated rings. The van der Waals surface area contributed by atoms with E-state index in [0.717, 1.165) is 23.4 Å². The van der Waals surface area contributed by atoms with Gasteiger partial charge in [0.15, 0.2) is 0 Å². The molecule has 0 heterocycles. The van der Waals surface area contributed by atoms with Crippen LogP contribution < -0.4 is 9.62 Å². The highest BCUT2D eigenvalue weighted by Crippen LogP contribution is 2.22. The summed E-state index contributed by atoms with van der Waals surface area (Å²) in [6, 6.07) is 11.9. The molecule has 0 spiro atoms. The van der Waals surface area contributed by atoms with Crippen molar-refractivity contribution in [3.05, 3.63) is 65.5 Å². The van der Waals surface area contributed by atoms with Gasteiger partial charge in [-0.05, 0) is 31.5 Å². The number of amides is 2. The Bertz CT molecular complexity index is 1030. The van der Waals surface area contributed by atoms with Crippen molar-refractivity contribution in [2.24, 2.45) is 0 Å². The lowest BCUT2D eigenvalue weighted by atomic mass is 10.1. The number of halogens is 1. The van der Waals surface area contributed by atoms with Crippen LogP contribution in [0.4, 0.5) is 10.1 Å². The number of benzene rings is 2. The van der Waals surface area contributed by atoms with Gasteiger partial charge in [0, 0.05) is 13.6 Å². The number of likely N-dealkylation sites (N-methyl/N-ethyl adjacent to an activating group) is 1. The first-order chi connectivity index (χ1) is 14.0. The minimum Gasteiger partial charge on any atom is -0.357 e. The predicted octanol–water partition coefficient (Wildman–Crippen LogP) is 2.06. The maximum absolute atomic E-state index is 14.3. The van der Waals surface area contributed by atoms with Crippen molar-refractivity contribution in [1.82, 2.24) is 10.2 Å². The number of nitrogens with one attached hydrogen (secondary N) is 1. The molecule has 1 unspecified atom stereocenters. The molecule has 1 atom stereocenters. The molecule has 2 rings (SSSR count). The van der Waals surface area contributed by atoms with Gasteiger partial charge in [-0.15, -0.1) is 0 Å². The summed E-state index contributed by atoms with van der Waals surface area (Å²) in [4.78, 5) is 26.7. The Morgan fingerprint density at radius 2 is 1.80 bits per heavy atom. The SMILES string of the molecule is CNC(=O)C(C)N(Cc1cccc(C)c1)C(=O)CN(c1ccccc1F)S(C)(=O)=O. The predicted molar refractivity (Wildman–Crippen MR) is 114 cm³/mol. The van der Waals surface area contributed by atoms with Gasteiger partial charge < -0.3 is 10.2 Å². The molecule has 0 aliphatic rings. The van der Waals surface area contributed by atoms with Gasteiger partial charge in [0.2, 0.25) is 21.8 Å². The third kappa shape index (κ3) is 5.79. The number of rotatable bonds is 8. The van der Waals surface area contributed by atoms with E-state index < -0.39 is 40.2 Å². The summed E-state index contributed by atoms with van der Waals surface area (Å²) in [7, 11) is -2.50. The van der Waals surface area contributed by atoms with Crippen LogP contribution in [0.5, 0.6) is 0 Å². The molecule has 0 aliphatic carbocycles. The van der Waals surface area contributed by atoms with Crippen molar-refractivity contribution in [1.29, 1.82) is 0 Å². The molecule has 0 bridgehead atoms. The van der Waals surface area contributed by atoms with E-state index >= 15 is 0 Å². The fourth-order valence-electron chi connectivity index (χ4n) is 3.05. The van der Waals surface area contributed by atoms with E-state index in [1.54, 1.807) is 6.92 Å². The Labute approximate surface area is 176 Å². The molecule has 2 aromatic rings. The van der Waals surface area contributed by atoms with E-state index in [1.165, 1.54) is 30.1 Å². The van der Waals surface area contributed by atoms with Crippen molar-refractivity contribution >= 4 is 27.5 Å². The fourth-order valence-corrected chi connectivity index (χ4v) is 3.90. The molecule has 0 aromatic heterocycles. The Kier molecular flexibility index (Phi) is 7.55. The third-order valence-corrected chi connectivity index (χ3v) is 5.78. The second kappa shape index (κ2) is 9.71. The van der Waals surface area contributed by atoms with Crippen LogP contribution in [0.25, 0.3) is 0 Å². The van der Waals surface area contributed by atoms with E-state index in [9.17, 15) is 22.4 Å². The summed E-state index contributed by atoms with van der Waals surface area (Å²) >= 11 is 0. The average Bonchev–Trinajstić information content (AvgIpc) is 2.69. The molecule has 7 nitrogen and oxygen atoms in total. The van der Waals surface area contributed by atoms with Crippen molar-refractivity contribution in [3.63, 3.8) is 0 Å². The second-order valence-corrected chi connectivity index (χ2v) is 8.93. The number of carbonyl (C=O) groups excluding carboxylic acids is 2. The number of hydrogen-bond donors (Lipinski definition) is 1. The minimum atomic E-state index is -3.95. The van der Waals surface area contributed by atoms with Gasteiger partial charge in [-0.2, -0.15) is 0 Å². The number of nitrogens with zero attached hydrogens (tertiary/aromatic N) is 2. The first-order valence-electron chi connectivity index (χ1n) is 9.33. The number of hydrogen-bond acceptors (Lipinski definition) is 4. The van der Waals surface area contributed by atoms with Crippen LogP contribution in [-0.2, 0) is 26.2 Å². The van der Waals surface area contributed by atoms with Gasteiger partial charge in [0.1, 0.15) is 18.4 Å². The van der Waals surface area contributed by atoms with Gasteiger partial charge in [0.05, 0.1) is 11.9 Å². The Morgan fingerprint density at radius 1 is 1.13 bits per heavy atom. The van der Waals surface area contributed by atoms with Crippen LogP contribution in [0.3, 0.4) is 0 Å². The molecule has 0 saturated heterocycles. The first-order valence-corrected chi connectivity index (χ1v) is 11.2. The van der Waals surface area contributed by atoms with Crippen LogP contribution >= 0.6 is 0 Å². The van der Waals surface area contributed by atoms with Gasteiger partial charge in [-0.3, -0.25) is 13.9 Å². The van der Waals surface area contributed by atoms with Crippen molar-refractivity contribution < 1.29 is 22.4 Å². The molecule has 1 N–H and O–H groups in total. The highest BCUT2D eigenvalue weighted by Gasteiger charge is 2.30. The quantitative estimate of drug-likeness (QED) is 0.688. The summed E-state index contributed by atoms with van der Waals surface area (Å²) < 4.78 is 39.6. The van der Waals surface area contributed by atoms with Crippen LogP contribution in [-0.4, -0.2) is 51.0 Å². The summed E-state index contributed by atoms with van der Waals surface area (Å²) in [6.07, 6.45) is 0.903. The number of anilines is 1. The zero-order valence-electron chi connectivity index (χ0n) is 17.4. The Morgan fingerprint density at radius 3 is 2.37 bits per heavy atom. The number of sulfonamides is 1. The molecule has 9 heteroatoms. The molecule has 0 saturated carbocycles. The summed E-state index contributed by atoms with van der Waals surface area (Å²) in [5.74, 6) is -1.78. The molecular weight excluding hydrogens is 409 g/mol. The van der Waals surface area contributed by atoms with Crippen LogP contribution in [0.1, 0.15) is 18.1 Å². The normalized spacial score (nSPS) is 12.2. The van der Waals surface area contributed by atoms with Crippen LogP contribution in [0.2, 0.25) is 0 Å². The van der Waals surface area contributed by atoms with Crippen molar-refractivity contribution in [2.45, 2.75) is 26.4 Å². The molecule has 2 aromatic carbocycles. The largest absolute Gasteiger partial charge is 0.357 e. The minimum absolute atomic E-state index is 0.101. The number of aryl methyl sites for hydroxylation is 1.